The maximum Gasteiger partial charge on any atom is 0.246 e. The van der Waals surface area contributed by atoms with Crippen LogP contribution in [-0.2, 0) is 10.0 Å². The first-order valence-electron chi connectivity index (χ1n) is 7.24. The predicted octanol–water partition coefficient (Wildman–Crippen LogP) is 1.79. The van der Waals surface area contributed by atoms with E-state index < -0.39 is 10.0 Å². The van der Waals surface area contributed by atoms with E-state index in [-0.39, 0.29) is 17.4 Å². The number of aliphatic hydroxyl groups excluding tert-OH is 1. The Balaban J connectivity index is 2.31. The lowest BCUT2D eigenvalue weighted by Crippen LogP contribution is -2.40. The molecule has 1 aromatic rings. The number of rotatable bonds is 5. The normalized spacial score (nSPS) is 20.4. The van der Waals surface area contributed by atoms with E-state index in [0.29, 0.717) is 25.3 Å². The molecule has 0 aliphatic carbocycles. The molecule has 5 nitrogen and oxygen atoms in total. The van der Waals surface area contributed by atoms with Gasteiger partial charge in [-0.25, -0.2) is 8.42 Å². The van der Waals surface area contributed by atoms with Gasteiger partial charge in [0.05, 0.1) is 7.11 Å². The standard InChI is InChI=1S/C15H23NO4S/c1-12-5-6-14(20-2)15(10-12)21(18,19)16-8-3-4-13(11-16)7-9-17/h5-6,10,13,17H,3-4,7-9,11H2,1-2H3. The minimum absolute atomic E-state index is 0.103. The van der Waals surface area contributed by atoms with Crippen molar-refractivity contribution in [2.24, 2.45) is 5.92 Å². The summed E-state index contributed by atoms with van der Waals surface area (Å²) in [5, 5.41) is 9.06. The van der Waals surface area contributed by atoms with Crippen molar-refractivity contribution in [3.63, 3.8) is 0 Å². The number of aryl methyl sites for hydroxylation is 1. The quantitative estimate of drug-likeness (QED) is 0.900. The van der Waals surface area contributed by atoms with Crippen molar-refractivity contribution in [1.29, 1.82) is 0 Å². The van der Waals surface area contributed by atoms with Crippen molar-refractivity contribution in [1.82, 2.24) is 4.31 Å². The molecule has 1 heterocycles. The Kier molecular flexibility index (Phi) is 5.24. The molecule has 118 valence electrons. The summed E-state index contributed by atoms with van der Waals surface area (Å²) < 4.78 is 32.4. The molecule has 0 spiro atoms. The maximum absolute atomic E-state index is 12.9. The van der Waals surface area contributed by atoms with Crippen molar-refractivity contribution < 1.29 is 18.3 Å². The number of methoxy groups -OCH3 is 1. The van der Waals surface area contributed by atoms with Gasteiger partial charge in [0.25, 0.3) is 0 Å². The van der Waals surface area contributed by atoms with Crippen LogP contribution in [0.15, 0.2) is 23.1 Å². The van der Waals surface area contributed by atoms with Crippen LogP contribution in [0.4, 0.5) is 0 Å². The molecule has 1 aromatic carbocycles. The number of ether oxygens (including phenoxy) is 1. The fourth-order valence-corrected chi connectivity index (χ4v) is 4.58. The third-order valence-electron chi connectivity index (χ3n) is 3.96. The molecule has 1 aliphatic heterocycles. The molecule has 1 fully saturated rings. The van der Waals surface area contributed by atoms with Gasteiger partial charge in [-0.15, -0.1) is 0 Å². The summed E-state index contributed by atoms with van der Waals surface area (Å²) in [6.45, 7) is 2.97. The molecule has 0 radical (unpaired) electrons. The van der Waals surface area contributed by atoms with E-state index in [4.69, 9.17) is 9.84 Å². The summed E-state index contributed by atoms with van der Waals surface area (Å²) in [5.74, 6) is 0.610. The summed E-state index contributed by atoms with van der Waals surface area (Å²) in [6.07, 6.45) is 2.45. The Morgan fingerprint density at radius 1 is 1.43 bits per heavy atom. The van der Waals surface area contributed by atoms with Gasteiger partial charge >= 0.3 is 0 Å². The second-order valence-corrected chi connectivity index (χ2v) is 7.44. The average Bonchev–Trinajstić information content (AvgIpc) is 2.48. The highest BCUT2D eigenvalue weighted by atomic mass is 32.2. The van der Waals surface area contributed by atoms with E-state index >= 15 is 0 Å². The summed E-state index contributed by atoms with van der Waals surface area (Å²) in [5.41, 5.74) is 0.887. The molecule has 21 heavy (non-hydrogen) atoms. The van der Waals surface area contributed by atoms with Crippen molar-refractivity contribution in [2.45, 2.75) is 31.1 Å². The molecule has 1 N–H and O–H groups in total. The molecular formula is C15H23NO4S. The second kappa shape index (κ2) is 6.77. The van der Waals surface area contributed by atoms with Gasteiger partial charge in [-0.1, -0.05) is 6.07 Å². The van der Waals surface area contributed by atoms with Crippen molar-refractivity contribution in [3.8, 4) is 5.75 Å². The number of piperidine rings is 1. The number of sulfonamides is 1. The monoisotopic (exact) mass is 313 g/mol. The van der Waals surface area contributed by atoms with Crippen molar-refractivity contribution in [3.05, 3.63) is 23.8 Å². The summed E-state index contributed by atoms with van der Waals surface area (Å²) >= 11 is 0. The first-order chi connectivity index (χ1) is 9.98. The highest BCUT2D eigenvalue weighted by Crippen LogP contribution is 2.31. The number of hydrogen-bond donors (Lipinski definition) is 1. The Hall–Kier alpha value is -1.11. The number of hydrogen-bond acceptors (Lipinski definition) is 4. The third kappa shape index (κ3) is 3.56. The first kappa shape index (κ1) is 16.3. The molecule has 6 heteroatoms. The van der Waals surface area contributed by atoms with Gasteiger partial charge in [0.15, 0.2) is 0 Å². The second-order valence-electron chi connectivity index (χ2n) is 5.54. The summed E-state index contributed by atoms with van der Waals surface area (Å²) in [4.78, 5) is 0.231. The SMILES string of the molecule is COc1ccc(C)cc1S(=O)(=O)N1CCCC(CCO)C1. The number of aliphatic hydroxyl groups is 1. The van der Waals surface area contributed by atoms with Crippen LogP contribution in [-0.4, -0.2) is 44.6 Å². The van der Waals surface area contributed by atoms with Gasteiger partial charge in [-0.2, -0.15) is 4.31 Å². The zero-order valence-electron chi connectivity index (χ0n) is 12.6. The van der Waals surface area contributed by atoms with E-state index in [1.165, 1.54) is 11.4 Å². The Bertz CT molecular complexity index is 583. The van der Waals surface area contributed by atoms with Gasteiger partial charge in [0.1, 0.15) is 10.6 Å². The Morgan fingerprint density at radius 2 is 2.19 bits per heavy atom. The largest absolute Gasteiger partial charge is 0.495 e. The number of benzene rings is 1. The average molecular weight is 313 g/mol. The van der Waals surface area contributed by atoms with Gasteiger partial charge < -0.3 is 9.84 Å². The van der Waals surface area contributed by atoms with Crippen LogP contribution in [0.1, 0.15) is 24.8 Å². The van der Waals surface area contributed by atoms with Crippen LogP contribution in [0.2, 0.25) is 0 Å². The highest BCUT2D eigenvalue weighted by Gasteiger charge is 2.32. The molecule has 1 saturated heterocycles. The van der Waals surface area contributed by atoms with Crippen LogP contribution in [0.3, 0.4) is 0 Å². The third-order valence-corrected chi connectivity index (χ3v) is 5.84. The van der Waals surface area contributed by atoms with E-state index in [1.54, 1.807) is 12.1 Å². The van der Waals surface area contributed by atoms with Crippen LogP contribution < -0.4 is 4.74 Å². The summed E-state index contributed by atoms with van der Waals surface area (Å²) in [7, 11) is -2.07. The van der Waals surface area contributed by atoms with E-state index in [2.05, 4.69) is 0 Å². The van der Waals surface area contributed by atoms with Crippen LogP contribution in [0.25, 0.3) is 0 Å². The van der Waals surface area contributed by atoms with Crippen LogP contribution in [0, 0.1) is 12.8 Å². The maximum atomic E-state index is 12.9. The van der Waals surface area contributed by atoms with Crippen LogP contribution in [0.5, 0.6) is 5.75 Å². The van der Waals surface area contributed by atoms with E-state index in [1.807, 2.05) is 13.0 Å². The Morgan fingerprint density at radius 3 is 2.86 bits per heavy atom. The topological polar surface area (TPSA) is 66.8 Å². The van der Waals surface area contributed by atoms with E-state index in [9.17, 15) is 8.42 Å². The zero-order chi connectivity index (χ0) is 15.5. The molecule has 0 saturated carbocycles. The molecule has 1 aliphatic rings. The predicted molar refractivity (Wildman–Crippen MR) is 80.9 cm³/mol. The van der Waals surface area contributed by atoms with Gasteiger partial charge in [-0.3, -0.25) is 0 Å². The molecule has 1 atom stereocenters. The lowest BCUT2D eigenvalue weighted by atomic mass is 9.97. The molecule has 0 amide bonds. The lowest BCUT2D eigenvalue weighted by Gasteiger charge is -2.32. The zero-order valence-corrected chi connectivity index (χ0v) is 13.4. The van der Waals surface area contributed by atoms with Gasteiger partial charge in [0, 0.05) is 19.7 Å². The molecular weight excluding hydrogens is 290 g/mol. The van der Waals surface area contributed by atoms with Gasteiger partial charge in [0.2, 0.25) is 10.0 Å². The smallest absolute Gasteiger partial charge is 0.246 e. The fraction of sp³-hybridized carbons (Fsp3) is 0.600. The minimum atomic E-state index is -3.55. The molecule has 0 bridgehead atoms. The van der Waals surface area contributed by atoms with E-state index in [0.717, 1.165) is 18.4 Å². The first-order valence-corrected chi connectivity index (χ1v) is 8.68. The Labute approximate surface area is 126 Å². The molecule has 0 aromatic heterocycles. The minimum Gasteiger partial charge on any atom is -0.495 e. The van der Waals surface area contributed by atoms with Crippen molar-refractivity contribution >= 4 is 10.0 Å². The molecule has 1 unspecified atom stereocenters. The highest BCUT2D eigenvalue weighted by molar-refractivity contribution is 7.89. The van der Waals surface area contributed by atoms with Crippen molar-refractivity contribution in [2.75, 3.05) is 26.8 Å². The van der Waals surface area contributed by atoms with Gasteiger partial charge in [-0.05, 0) is 49.8 Å². The fourth-order valence-electron chi connectivity index (χ4n) is 2.79. The lowest BCUT2D eigenvalue weighted by molar-refractivity contribution is 0.202. The molecule has 2 rings (SSSR count). The van der Waals surface area contributed by atoms with Crippen LogP contribution >= 0.6 is 0 Å². The summed E-state index contributed by atoms with van der Waals surface area (Å²) in [6, 6.07) is 5.18. The number of nitrogens with zero attached hydrogens (tertiary/aromatic N) is 1.